The molecule has 3 amide bonds. The molecule has 0 aliphatic carbocycles. The van der Waals surface area contributed by atoms with Gasteiger partial charge in [-0.05, 0) is 18.2 Å². The average molecular weight is 228 g/mol. The summed E-state index contributed by atoms with van der Waals surface area (Å²) in [4.78, 5) is 26.2. The summed E-state index contributed by atoms with van der Waals surface area (Å²) in [5, 5.41) is 13.4. The number of carbonyl (C=O) groups excluding carboxylic acids is 2. The molecule has 2 heterocycles. The first-order valence-electron chi connectivity index (χ1n) is 4.85. The highest BCUT2D eigenvalue weighted by atomic mass is 16.2. The molecule has 1 unspecified atom stereocenters. The second-order valence-electron chi connectivity index (χ2n) is 3.35. The molecule has 2 N–H and O–H groups in total. The zero-order valence-corrected chi connectivity index (χ0v) is 8.68. The third-order valence-electron chi connectivity index (χ3n) is 2.20. The lowest BCUT2D eigenvalue weighted by Crippen LogP contribution is -2.22. The number of imide groups is 1. The predicted molar refractivity (Wildman–Crippen MR) is 57.3 cm³/mol. The highest BCUT2D eigenvalue weighted by Gasteiger charge is 2.24. The Balaban J connectivity index is 2.28. The van der Waals surface area contributed by atoms with Crippen LogP contribution in [-0.2, 0) is 4.79 Å². The minimum absolute atomic E-state index is 0.0761. The maximum atomic E-state index is 11.3. The first-order chi connectivity index (χ1) is 8.20. The Morgan fingerprint density at radius 1 is 1.35 bits per heavy atom. The van der Waals surface area contributed by atoms with Crippen molar-refractivity contribution in [3.8, 4) is 6.07 Å². The molecule has 1 aliphatic heterocycles. The summed E-state index contributed by atoms with van der Waals surface area (Å²) in [6.07, 6.45) is 2.94. The predicted octanol–water partition coefficient (Wildman–Crippen LogP) is 0.412. The smallest absolute Gasteiger partial charge is 0.303 e. The second kappa shape index (κ2) is 4.45. The van der Waals surface area contributed by atoms with E-state index in [0.29, 0.717) is 5.69 Å². The van der Waals surface area contributed by atoms with Crippen LogP contribution in [0.2, 0.25) is 0 Å². The number of nitrogens with one attached hydrogen (secondary N) is 2. The lowest BCUT2D eigenvalue weighted by Gasteiger charge is -2.03. The van der Waals surface area contributed by atoms with E-state index in [1.807, 2.05) is 6.07 Å². The topological polar surface area (TPSA) is 94.9 Å². The number of amides is 3. The largest absolute Gasteiger partial charge is 0.326 e. The monoisotopic (exact) mass is 228 g/mol. The van der Waals surface area contributed by atoms with Crippen molar-refractivity contribution in [3.63, 3.8) is 0 Å². The number of allylic oxidation sites excluding steroid dienone is 1. The van der Waals surface area contributed by atoms with E-state index in [2.05, 4.69) is 15.6 Å². The molecule has 1 aromatic heterocycles. The van der Waals surface area contributed by atoms with Crippen LogP contribution in [-0.4, -0.2) is 16.9 Å². The maximum Gasteiger partial charge on any atom is 0.326 e. The molecular formula is C11H8N4O2. The SMILES string of the molecule is N#CC(/C=C1\NC(=O)NC1=O)c1ccccn1. The number of nitriles is 1. The summed E-state index contributed by atoms with van der Waals surface area (Å²) in [5.41, 5.74) is 0.601. The molecule has 0 saturated carbocycles. The van der Waals surface area contributed by atoms with Gasteiger partial charge in [-0.3, -0.25) is 15.1 Å². The molecule has 1 aliphatic rings. The average Bonchev–Trinajstić information content (AvgIpc) is 2.66. The van der Waals surface area contributed by atoms with Crippen molar-refractivity contribution in [3.05, 3.63) is 41.9 Å². The molecule has 0 bridgehead atoms. The molecule has 0 aromatic carbocycles. The van der Waals surface area contributed by atoms with Gasteiger partial charge in [-0.2, -0.15) is 5.26 Å². The fourth-order valence-electron chi connectivity index (χ4n) is 1.41. The highest BCUT2D eigenvalue weighted by Crippen LogP contribution is 2.15. The van der Waals surface area contributed by atoms with E-state index in [4.69, 9.17) is 5.26 Å². The van der Waals surface area contributed by atoms with Crippen LogP contribution < -0.4 is 10.6 Å². The quantitative estimate of drug-likeness (QED) is 0.566. The van der Waals surface area contributed by atoms with E-state index in [1.165, 1.54) is 6.08 Å². The van der Waals surface area contributed by atoms with Gasteiger partial charge in [0.15, 0.2) is 0 Å². The summed E-state index contributed by atoms with van der Waals surface area (Å²) < 4.78 is 0. The van der Waals surface area contributed by atoms with Gasteiger partial charge in [0.25, 0.3) is 5.91 Å². The number of nitrogens with zero attached hydrogens (tertiary/aromatic N) is 2. The van der Waals surface area contributed by atoms with Gasteiger partial charge in [-0.1, -0.05) is 6.07 Å². The van der Waals surface area contributed by atoms with Crippen LogP contribution in [0.4, 0.5) is 4.79 Å². The standard InChI is InChI=1S/C11H8N4O2/c12-6-7(8-3-1-2-4-13-8)5-9-10(16)15-11(17)14-9/h1-5,7H,(H2,14,15,16,17)/b9-5-. The number of carbonyl (C=O) groups is 2. The third-order valence-corrected chi connectivity index (χ3v) is 2.20. The number of urea groups is 1. The van der Waals surface area contributed by atoms with Crippen molar-refractivity contribution in [2.75, 3.05) is 0 Å². The van der Waals surface area contributed by atoms with Crippen LogP contribution in [0.1, 0.15) is 11.6 Å². The van der Waals surface area contributed by atoms with Gasteiger partial charge in [0.1, 0.15) is 11.6 Å². The fourth-order valence-corrected chi connectivity index (χ4v) is 1.41. The number of hydrogen-bond donors (Lipinski definition) is 2. The van der Waals surface area contributed by atoms with E-state index in [1.54, 1.807) is 24.4 Å². The Kier molecular flexibility index (Phi) is 2.83. The number of rotatable bonds is 2. The summed E-state index contributed by atoms with van der Waals surface area (Å²) in [6, 6.07) is 6.59. The Hall–Kier alpha value is -2.68. The first kappa shape index (κ1) is 10.8. The van der Waals surface area contributed by atoms with Crippen LogP contribution in [0, 0.1) is 11.3 Å². The molecule has 17 heavy (non-hydrogen) atoms. The van der Waals surface area contributed by atoms with Crippen molar-refractivity contribution >= 4 is 11.9 Å². The van der Waals surface area contributed by atoms with Gasteiger partial charge in [0.2, 0.25) is 0 Å². The molecule has 0 radical (unpaired) electrons. The van der Waals surface area contributed by atoms with E-state index in [9.17, 15) is 9.59 Å². The summed E-state index contributed by atoms with van der Waals surface area (Å²) >= 11 is 0. The molecule has 6 heteroatoms. The minimum atomic E-state index is -0.671. The number of hydrogen-bond acceptors (Lipinski definition) is 4. The molecule has 1 aromatic rings. The van der Waals surface area contributed by atoms with Crippen LogP contribution in [0.5, 0.6) is 0 Å². The van der Waals surface area contributed by atoms with Crippen molar-refractivity contribution in [2.24, 2.45) is 0 Å². The minimum Gasteiger partial charge on any atom is -0.303 e. The number of pyridine rings is 1. The van der Waals surface area contributed by atoms with E-state index < -0.39 is 17.9 Å². The first-order valence-corrected chi connectivity index (χ1v) is 4.85. The Bertz CT molecular complexity index is 530. The van der Waals surface area contributed by atoms with Gasteiger partial charge in [0.05, 0.1) is 11.8 Å². The van der Waals surface area contributed by atoms with Gasteiger partial charge in [-0.25, -0.2) is 4.79 Å². The zero-order valence-electron chi connectivity index (χ0n) is 8.68. The van der Waals surface area contributed by atoms with Crippen molar-refractivity contribution in [1.29, 1.82) is 5.26 Å². The normalized spacial score (nSPS) is 18.4. The molecule has 1 saturated heterocycles. The zero-order chi connectivity index (χ0) is 12.3. The Morgan fingerprint density at radius 2 is 2.18 bits per heavy atom. The molecule has 0 spiro atoms. The van der Waals surface area contributed by atoms with E-state index in [0.717, 1.165) is 0 Å². The molecule has 6 nitrogen and oxygen atoms in total. The Labute approximate surface area is 97.0 Å². The summed E-state index contributed by atoms with van der Waals surface area (Å²) in [7, 11) is 0. The number of aromatic nitrogens is 1. The summed E-state index contributed by atoms with van der Waals surface area (Å²) in [6.45, 7) is 0. The van der Waals surface area contributed by atoms with Gasteiger partial charge in [-0.15, -0.1) is 0 Å². The summed E-state index contributed by atoms with van der Waals surface area (Å²) in [5.74, 6) is -1.21. The maximum absolute atomic E-state index is 11.3. The molecule has 84 valence electrons. The molecule has 1 atom stereocenters. The van der Waals surface area contributed by atoms with E-state index in [-0.39, 0.29) is 5.70 Å². The molecule has 1 fully saturated rings. The van der Waals surface area contributed by atoms with Crippen LogP contribution in [0.15, 0.2) is 36.2 Å². The van der Waals surface area contributed by atoms with E-state index >= 15 is 0 Å². The second-order valence-corrected chi connectivity index (χ2v) is 3.35. The van der Waals surface area contributed by atoms with Crippen LogP contribution in [0.3, 0.4) is 0 Å². The van der Waals surface area contributed by atoms with Crippen molar-refractivity contribution < 1.29 is 9.59 Å². The lowest BCUT2D eigenvalue weighted by atomic mass is 10.1. The lowest BCUT2D eigenvalue weighted by molar-refractivity contribution is -0.115. The van der Waals surface area contributed by atoms with Gasteiger partial charge >= 0.3 is 6.03 Å². The molecular weight excluding hydrogens is 220 g/mol. The van der Waals surface area contributed by atoms with Crippen molar-refractivity contribution in [2.45, 2.75) is 5.92 Å². The van der Waals surface area contributed by atoms with Crippen LogP contribution >= 0.6 is 0 Å². The fraction of sp³-hybridized carbons (Fsp3) is 0.0909. The third kappa shape index (κ3) is 2.29. The van der Waals surface area contributed by atoms with Gasteiger partial charge in [0, 0.05) is 6.20 Å². The Morgan fingerprint density at radius 3 is 2.71 bits per heavy atom. The molecule has 2 rings (SSSR count). The highest BCUT2D eigenvalue weighted by molar-refractivity contribution is 6.11. The van der Waals surface area contributed by atoms with Crippen LogP contribution in [0.25, 0.3) is 0 Å². The van der Waals surface area contributed by atoms with Gasteiger partial charge < -0.3 is 5.32 Å². The van der Waals surface area contributed by atoms with Crippen molar-refractivity contribution in [1.82, 2.24) is 15.6 Å².